The summed E-state index contributed by atoms with van der Waals surface area (Å²) in [6.45, 7) is 1.99. The predicted molar refractivity (Wildman–Crippen MR) is 90.3 cm³/mol. The Hall–Kier alpha value is -1.09. The van der Waals surface area contributed by atoms with Crippen molar-refractivity contribution in [3.63, 3.8) is 0 Å². The first-order valence-corrected chi connectivity index (χ1v) is 9.54. The maximum Gasteiger partial charge on any atom is 0.250 e. The third-order valence-electron chi connectivity index (χ3n) is 2.73. The zero-order valence-electron chi connectivity index (χ0n) is 12.1. The molecule has 0 saturated carbocycles. The fraction of sp³-hybridized carbons (Fsp3) is 0.286. The van der Waals surface area contributed by atoms with Gasteiger partial charge < -0.3 is 9.47 Å². The molecule has 0 bridgehead atoms. The van der Waals surface area contributed by atoms with Gasteiger partial charge in [-0.1, -0.05) is 0 Å². The van der Waals surface area contributed by atoms with Crippen LogP contribution in [0.5, 0.6) is 11.5 Å². The molecule has 2 rings (SSSR count). The van der Waals surface area contributed by atoms with Crippen LogP contribution in [0.2, 0.25) is 0 Å². The van der Waals surface area contributed by atoms with Gasteiger partial charge in [0, 0.05) is 0 Å². The Morgan fingerprint density at radius 3 is 2.36 bits per heavy atom. The van der Waals surface area contributed by atoms with Crippen LogP contribution in [0, 0.1) is 0 Å². The Labute approximate surface area is 142 Å². The Balaban J connectivity index is 1.90. The molecule has 0 spiro atoms. The molecule has 0 aliphatic rings. The molecule has 2 aromatic rings. The van der Waals surface area contributed by atoms with Crippen LogP contribution in [0.4, 0.5) is 0 Å². The van der Waals surface area contributed by atoms with E-state index in [4.69, 9.17) is 9.47 Å². The standard InChI is InChI=1S/C14H16BrNO4S2/c1-10(9-20-12-5-3-11(19-2)4-6-12)16-22(17,18)14-8-7-13(15)21-14/h3-8,10,16H,9H2,1-2H3/t10-/m1/s1. The van der Waals surface area contributed by atoms with Crippen molar-refractivity contribution in [3.05, 3.63) is 40.2 Å². The highest BCUT2D eigenvalue weighted by atomic mass is 79.9. The van der Waals surface area contributed by atoms with Gasteiger partial charge in [-0.3, -0.25) is 0 Å². The van der Waals surface area contributed by atoms with Crippen LogP contribution in [0.1, 0.15) is 6.92 Å². The van der Waals surface area contributed by atoms with Crippen molar-refractivity contribution >= 4 is 37.3 Å². The van der Waals surface area contributed by atoms with Gasteiger partial charge in [0.25, 0.3) is 0 Å². The molecule has 1 aromatic carbocycles. The fourth-order valence-electron chi connectivity index (χ4n) is 1.69. The van der Waals surface area contributed by atoms with Crippen molar-refractivity contribution in [2.45, 2.75) is 17.2 Å². The van der Waals surface area contributed by atoms with Crippen molar-refractivity contribution < 1.29 is 17.9 Å². The van der Waals surface area contributed by atoms with Gasteiger partial charge in [-0.25, -0.2) is 13.1 Å². The van der Waals surface area contributed by atoms with E-state index in [2.05, 4.69) is 20.7 Å². The minimum Gasteiger partial charge on any atom is -0.497 e. The highest BCUT2D eigenvalue weighted by Gasteiger charge is 2.19. The van der Waals surface area contributed by atoms with Crippen LogP contribution in [0.15, 0.2) is 44.4 Å². The van der Waals surface area contributed by atoms with Crippen molar-refractivity contribution in [1.29, 1.82) is 0 Å². The molecule has 0 radical (unpaired) electrons. The maximum absolute atomic E-state index is 12.2. The summed E-state index contributed by atoms with van der Waals surface area (Å²) in [4.78, 5) is 0. The number of hydrogen-bond acceptors (Lipinski definition) is 5. The summed E-state index contributed by atoms with van der Waals surface area (Å²) in [5, 5.41) is 0. The monoisotopic (exact) mass is 405 g/mol. The van der Waals surface area contributed by atoms with Gasteiger partial charge in [0.15, 0.2) is 0 Å². The molecular weight excluding hydrogens is 390 g/mol. The van der Waals surface area contributed by atoms with Crippen LogP contribution in [0.3, 0.4) is 0 Å². The lowest BCUT2D eigenvalue weighted by Gasteiger charge is -2.14. The Bertz CT molecular complexity index is 713. The van der Waals surface area contributed by atoms with E-state index >= 15 is 0 Å². The van der Waals surface area contributed by atoms with Crippen molar-refractivity contribution in [2.24, 2.45) is 0 Å². The van der Waals surface area contributed by atoms with E-state index in [0.717, 1.165) is 9.54 Å². The lowest BCUT2D eigenvalue weighted by atomic mass is 10.3. The normalized spacial score (nSPS) is 12.9. The van der Waals surface area contributed by atoms with E-state index in [-0.39, 0.29) is 16.9 Å². The zero-order valence-corrected chi connectivity index (χ0v) is 15.3. The minimum atomic E-state index is -3.52. The second-order valence-electron chi connectivity index (χ2n) is 4.57. The lowest BCUT2D eigenvalue weighted by Crippen LogP contribution is -2.36. The second-order valence-corrected chi connectivity index (χ2v) is 8.97. The first kappa shape index (κ1) is 17.3. The first-order chi connectivity index (χ1) is 10.4. The molecule has 0 saturated heterocycles. The molecule has 0 unspecified atom stereocenters. The molecule has 5 nitrogen and oxygen atoms in total. The SMILES string of the molecule is COc1ccc(OC[C@@H](C)NS(=O)(=O)c2ccc(Br)s2)cc1. The molecular formula is C14H16BrNO4S2. The van der Waals surface area contributed by atoms with E-state index < -0.39 is 10.0 Å². The predicted octanol–water partition coefficient (Wildman–Crippen LogP) is 3.27. The van der Waals surface area contributed by atoms with Crippen LogP contribution in [-0.4, -0.2) is 28.2 Å². The molecule has 1 aromatic heterocycles. The maximum atomic E-state index is 12.2. The van der Waals surface area contributed by atoms with Gasteiger partial charge in [-0.2, -0.15) is 0 Å². The van der Waals surface area contributed by atoms with Crippen molar-refractivity contribution in [2.75, 3.05) is 13.7 Å². The molecule has 0 fully saturated rings. The summed E-state index contributed by atoms with van der Waals surface area (Å²) < 4.78 is 38.6. The molecule has 0 amide bonds. The first-order valence-electron chi connectivity index (χ1n) is 6.45. The highest BCUT2D eigenvalue weighted by Crippen LogP contribution is 2.26. The zero-order chi connectivity index (χ0) is 16.2. The number of thiophene rings is 1. The number of ether oxygens (including phenoxy) is 2. The van der Waals surface area contributed by atoms with Crippen molar-refractivity contribution in [3.8, 4) is 11.5 Å². The van der Waals surface area contributed by atoms with Gasteiger partial charge in [0.05, 0.1) is 16.9 Å². The summed E-state index contributed by atoms with van der Waals surface area (Å²) >= 11 is 4.42. The number of sulfonamides is 1. The molecule has 22 heavy (non-hydrogen) atoms. The molecule has 0 aliphatic heterocycles. The molecule has 1 N–H and O–H groups in total. The van der Waals surface area contributed by atoms with Gasteiger partial charge in [-0.15, -0.1) is 11.3 Å². The van der Waals surface area contributed by atoms with Gasteiger partial charge in [-0.05, 0) is 59.3 Å². The third-order valence-corrected chi connectivity index (χ3v) is 6.43. The molecule has 1 heterocycles. The number of hydrogen-bond donors (Lipinski definition) is 1. The Kier molecular flexibility index (Phi) is 5.85. The van der Waals surface area contributed by atoms with E-state index in [9.17, 15) is 8.42 Å². The van der Waals surface area contributed by atoms with Gasteiger partial charge >= 0.3 is 0 Å². The number of nitrogens with one attached hydrogen (secondary N) is 1. The van der Waals surface area contributed by atoms with E-state index in [1.807, 2.05) is 0 Å². The topological polar surface area (TPSA) is 64.6 Å². The smallest absolute Gasteiger partial charge is 0.250 e. The van der Waals surface area contributed by atoms with Gasteiger partial charge in [0.1, 0.15) is 22.3 Å². The summed E-state index contributed by atoms with van der Waals surface area (Å²) in [7, 11) is -1.92. The average Bonchev–Trinajstić information content (AvgIpc) is 2.93. The summed E-state index contributed by atoms with van der Waals surface area (Å²) in [6, 6.07) is 10.0. The highest BCUT2D eigenvalue weighted by molar-refractivity contribution is 9.11. The molecule has 1 atom stereocenters. The van der Waals surface area contributed by atoms with Crippen molar-refractivity contribution in [1.82, 2.24) is 4.72 Å². The van der Waals surface area contributed by atoms with E-state index in [1.165, 1.54) is 11.3 Å². The van der Waals surface area contributed by atoms with Crippen LogP contribution >= 0.6 is 27.3 Å². The number of methoxy groups -OCH3 is 1. The summed E-state index contributed by atoms with van der Waals surface area (Å²) in [6.07, 6.45) is 0. The van der Waals surface area contributed by atoms with E-state index in [0.29, 0.717) is 5.75 Å². The second kappa shape index (κ2) is 7.45. The number of halogens is 1. The fourth-order valence-corrected chi connectivity index (χ4v) is 4.95. The lowest BCUT2D eigenvalue weighted by molar-refractivity contribution is 0.287. The van der Waals surface area contributed by atoms with E-state index in [1.54, 1.807) is 50.4 Å². The molecule has 8 heteroatoms. The quantitative estimate of drug-likeness (QED) is 0.767. The summed E-state index contributed by atoms with van der Waals surface area (Å²) in [5.74, 6) is 1.40. The average molecular weight is 406 g/mol. The molecule has 120 valence electrons. The number of rotatable bonds is 7. The summed E-state index contributed by atoms with van der Waals surface area (Å²) in [5.41, 5.74) is 0. The number of benzene rings is 1. The Morgan fingerprint density at radius 2 is 1.82 bits per heavy atom. The van der Waals surface area contributed by atoms with Crippen LogP contribution < -0.4 is 14.2 Å². The minimum absolute atomic E-state index is 0.234. The Morgan fingerprint density at radius 1 is 1.18 bits per heavy atom. The largest absolute Gasteiger partial charge is 0.497 e. The third kappa shape index (κ3) is 4.70. The van der Waals surface area contributed by atoms with Crippen LogP contribution in [0.25, 0.3) is 0 Å². The van der Waals surface area contributed by atoms with Crippen LogP contribution in [-0.2, 0) is 10.0 Å². The van der Waals surface area contributed by atoms with Gasteiger partial charge in [0.2, 0.25) is 10.0 Å². The molecule has 0 aliphatic carbocycles.